The van der Waals surface area contributed by atoms with Crippen molar-refractivity contribution in [3.63, 3.8) is 0 Å². The first-order chi connectivity index (χ1) is 4.15. The van der Waals surface area contributed by atoms with E-state index in [1.807, 2.05) is 0 Å². The predicted octanol–water partition coefficient (Wildman–Crippen LogP) is 3.80. The Kier molecular flexibility index (Phi) is 3.80. The first-order valence-corrected chi connectivity index (χ1v) is 3.88. The van der Waals surface area contributed by atoms with Crippen LogP contribution in [-0.2, 0) is 0 Å². The third kappa shape index (κ3) is 3.63. The fourth-order valence-corrected chi connectivity index (χ4v) is 1.01. The second kappa shape index (κ2) is 3.36. The summed E-state index contributed by atoms with van der Waals surface area (Å²) >= 11 is 23.9. The number of alkyl halides is 7. The molecular formula is C3HCl5F2. The Morgan fingerprint density at radius 1 is 0.900 bits per heavy atom. The molecule has 0 saturated heterocycles. The highest BCUT2D eigenvalue weighted by atomic mass is 35.5. The molecule has 0 aliphatic carbocycles. The van der Waals surface area contributed by atoms with Crippen LogP contribution >= 0.6 is 58.0 Å². The molecule has 0 spiro atoms. The van der Waals surface area contributed by atoms with Crippen molar-refractivity contribution in [1.29, 1.82) is 0 Å². The second-order valence-corrected chi connectivity index (χ2v) is 4.47. The summed E-state index contributed by atoms with van der Waals surface area (Å²) < 4.78 is 18.6. The molecule has 0 aromatic heterocycles. The molecule has 0 fully saturated rings. The maximum atomic E-state index is 12.3. The third-order valence-electron chi connectivity index (χ3n) is 0.575. The Morgan fingerprint density at radius 3 is 1.10 bits per heavy atom. The molecule has 7 heteroatoms. The quantitative estimate of drug-likeness (QED) is 0.656. The molecule has 0 bridgehead atoms. The van der Waals surface area contributed by atoms with Crippen LogP contribution in [0.3, 0.4) is 0 Å². The van der Waals surface area contributed by atoms with Crippen LogP contribution in [0.25, 0.3) is 0 Å². The van der Waals surface area contributed by atoms with Crippen LogP contribution in [0.5, 0.6) is 0 Å². The molecule has 0 saturated carbocycles. The summed E-state index contributed by atoms with van der Waals surface area (Å²) in [6.07, 6.45) is 0. The number of halogens is 7. The van der Waals surface area contributed by atoms with E-state index < -0.39 is 14.6 Å². The smallest absolute Gasteiger partial charge is 0.206 e. The van der Waals surface area contributed by atoms with E-state index in [0.717, 1.165) is 0 Å². The van der Waals surface area contributed by atoms with Crippen molar-refractivity contribution in [3.8, 4) is 0 Å². The van der Waals surface area contributed by atoms with Gasteiger partial charge in [0.2, 0.25) is 0 Å². The lowest BCUT2D eigenvalue weighted by molar-refractivity contribution is 0.283. The average molecular weight is 252 g/mol. The molecular weight excluding hydrogens is 251 g/mol. The minimum Gasteiger partial charge on any atom is -0.206 e. The van der Waals surface area contributed by atoms with E-state index in [-0.39, 0.29) is 0 Å². The van der Waals surface area contributed by atoms with E-state index in [9.17, 15) is 8.78 Å². The van der Waals surface area contributed by atoms with Gasteiger partial charge in [0, 0.05) is 0 Å². The SMILES string of the molecule is FC(Cl)(Cl)C(Cl)C(F)(Cl)Cl. The molecule has 0 aromatic rings. The maximum Gasteiger partial charge on any atom is 0.279 e. The van der Waals surface area contributed by atoms with E-state index in [0.29, 0.717) is 0 Å². The van der Waals surface area contributed by atoms with E-state index in [1.165, 1.54) is 0 Å². The topological polar surface area (TPSA) is 0 Å². The Balaban J connectivity index is 4.23. The van der Waals surface area contributed by atoms with E-state index in [4.69, 9.17) is 58.0 Å². The standard InChI is InChI=1S/C3HCl5F2/c4-1(2(5,6)9)3(7,8)10/h1H. The van der Waals surface area contributed by atoms with Crippen molar-refractivity contribution >= 4 is 58.0 Å². The minimum absolute atomic E-state index is 2.04. The van der Waals surface area contributed by atoms with Crippen LogP contribution in [0.2, 0.25) is 0 Å². The van der Waals surface area contributed by atoms with Crippen molar-refractivity contribution in [2.75, 3.05) is 0 Å². The van der Waals surface area contributed by atoms with Crippen molar-refractivity contribution in [1.82, 2.24) is 0 Å². The molecule has 0 aromatic carbocycles. The van der Waals surface area contributed by atoms with Crippen LogP contribution in [0.4, 0.5) is 8.78 Å². The summed E-state index contributed by atoms with van der Waals surface area (Å²) in [5.74, 6) is 0. The normalized spacial score (nSPS) is 14.4. The van der Waals surface area contributed by atoms with Gasteiger partial charge in [-0.3, -0.25) is 0 Å². The number of hydrogen-bond donors (Lipinski definition) is 0. The highest BCUT2D eigenvalue weighted by molar-refractivity contribution is 6.57. The molecule has 0 heterocycles. The Labute approximate surface area is 81.3 Å². The molecule has 0 amide bonds. The lowest BCUT2D eigenvalue weighted by Gasteiger charge is -2.21. The summed E-state index contributed by atoms with van der Waals surface area (Å²) in [6.45, 7) is 0. The predicted molar refractivity (Wildman–Crippen MR) is 40.7 cm³/mol. The Bertz CT molecular complexity index is 99.0. The molecule has 0 nitrogen and oxygen atoms in total. The summed E-state index contributed by atoms with van der Waals surface area (Å²) in [7, 11) is 0. The molecule has 62 valence electrons. The Morgan fingerprint density at radius 2 is 1.10 bits per heavy atom. The highest BCUT2D eigenvalue weighted by Crippen LogP contribution is 2.43. The fourth-order valence-electron chi connectivity index (χ4n) is 0.186. The largest absolute Gasteiger partial charge is 0.279 e. The zero-order valence-electron chi connectivity index (χ0n) is 4.22. The zero-order valence-corrected chi connectivity index (χ0v) is 8.00. The average Bonchev–Trinajstić information content (AvgIpc) is 1.59. The highest BCUT2D eigenvalue weighted by Gasteiger charge is 2.48. The van der Waals surface area contributed by atoms with Crippen molar-refractivity contribution in [2.45, 2.75) is 14.6 Å². The van der Waals surface area contributed by atoms with Crippen molar-refractivity contribution in [3.05, 3.63) is 0 Å². The number of hydrogen-bond acceptors (Lipinski definition) is 0. The van der Waals surface area contributed by atoms with Crippen molar-refractivity contribution < 1.29 is 8.78 Å². The third-order valence-corrected chi connectivity index (χ3v) is 2.50. The molecule has 0 rings (SSSR count). The summed E-state index contributed by atoms with van der Waals surface area (Å²) in [6, 6.07) is 0. The van der Waals surface area contributed by atoms with Gasteiger partial charge in [0.15, 0.2) is 5.38 Å². The molecule has 0 aliphatic rings. The van der Waals surface area contributed by atoms with Crippen LogP contribution in [0.15, 0.2) is 0 Å². The van der Waals surface area contributed by atoms with E-state index in [2.05, 4.69) is 0 Å². The first kappa shape index (κ1) is 11.3. The van der Waals surface area contributed by atoms with Gasteiger partial charge in [0.25, 0.3) is 9.17 Å². The van der Waals surface area contributed by atoms with Gasteiger partial charge in [-0.1, -0.05) is 46.4 Å². The van der Waals surface area contributed by atoms with Gasteiger partial charge < -0.3 is 0 Å². The van der Waals surface area contributed by atoms with Gasteiger partial charge in [0.1, 0.15) is 0 Å². The van der Waals surface area contributed by atoms with Crippen LogP contribution in [0, 0.1) is 0 Å². The lowest BCUT2D eigenvalue weighted by Crippen LogP contribution is -2.34. The van der Waals surface area contributed by atoms with Gasteiger partial charge in [-0.05, 0) is 0 Å². The Hall–Kier alpha value is 1.31. The summed E-state index contributed by atoms with van der Waals surface area (Å²) in [5, 5.41) is -2.04. The summed E-state index contributed by atoms with van der Waals surface area (Å²) in [5.41, 5.74) is 0. The van der Waals surface area contributed by atoms with Gasteiger partial charge in [-0.2, -0.15) is 0 Å². The monoisotopic (exact) mass is 250 g/mol. The number of rotatable bonds is 2. The van der Waals surface area contributed by atoms with Gasteiger partial charge in [0.05, 0.1) is 0 Å². The minimum atomic E-state index is -2.99. The molecule has 0 aliphatic heterocycles. The van der Waals surface area contributed by atoms with Crippen LogP contribution in [-0.4, -0.2) is 14.6 Å². The molecule has 0 unspecified atom stereocenters. The van der Waals surface area contributed by atoms with Crippen molar-refractivity contribution in [2.24, 2.45) is 0 Å². The van der Waals surface area contributed by atoms with Gasteiger partial charge >= 0.3 is 0 Å². The van der Waals surface area contributed by atoms with Crippen LogP contribution in [0.1, 0.15) is 0 Å². The first-order valence-electron chi connectivity index (χ1n) is 1.93. The fraction of sp³-hybridized carbons (Fsp3) is 1.00. The lowest BCUT2D eigenvalue weighted by atomic mass is 10.5. The molecule has 10 heavy (non-hydrogen) atoms. The van der Waals surface area contributed by atoms with Gasteiger partial charge in [-0.25, -0.2) is 8.78 Å². The van der Waals surface area contributed by atoms with Gasteiger partial charge in [-0.15, -0.1) is 11.6 Å². The molecule has 0 radical (unpaired) electrons. The summed E-state index contributed by atoms with van der Waals surface area (Å²) in [4.78, 5) is 0. The zero-order chi connectivity index (χ0) is 8.58. The van der Waals surface area contributed by atoms with E-state index in [1.54, 1.807) is 0 Å². The van der Waals surface area contributed by atoms with Crippen LogP contribution < -0.4 is 0 Å². The maximum absolute atomic E-state index is 12.3. The van der Waals surface area contributed by atoms with E-state index >= 15 is 0 Å². The second-order valence-electron chi connectivity index (χ2n) is 1.45. The molecule has 0 atom stereocenters. The molecule has 0 N–H and O–H groups in total.